The zero-order valence-corrected chi connectivity index (χ0v) is 14.5. The van der Waals surface area contributed by atoms with E-state index in [0.717, 1.165) is 42.4 Å². The lowest BCUT2D eigenvalue weighted by atomic mass is 10.2. The molecule has 4 rings (SSSR count). The molecule has 0 saturated carbocycles. The summed E-state index contributed by atoms with van der Waals surface area (Å²) in [6, 6.07) is 7.05. The van der Waals surface area contributed by atoms with Gasteiger partial charge in [0, 0.05) is 18.8 Å². The van der Waals surface area contributed by atoms with Crippen molar-refractivity contribution in [1.29, 1.82) is 0 Å². The zero-order chi connectivity index (χ0) is 17.4. The second-order valence-electron chi connectivity index (χ2n) is 6.66. The summed E-state index contributed by atoms with van der Waals surface area (Å²) in [5.41, 5.74) is 3.31. The number of para-hydroxylation sites is 1. The maximum atomic E-state index is 13.8. The standard InChI is InChI=1S/C18H22FN5O/c1-12-8-13(2)24(22-12)10-14-9-23(6-7-25-14)11-17-20-16-5-3-4-15(19)18(16)21-17/h3-5,8,14H,6-7,9-11H2,1-2H3,(H,20,21)/t14-/m0/s1. The third kappa shape index (κ3) is 3.43. The van der Waals surface area contributed by atoms with E-state index in [4.69, 9.17) is 4.74 Å². The van der Waals surface area contributed by atoms with Crippen molar-refractivity contribution in [2.45, 2.75) is 33.0 Å². The van der Waals surface area contributed by atoms with Crippen molar-refractivity contribution >= 4 is 11.0 Å². The fourth-order valence-electron chi connectivity index (χ4n) is 3.42. The van der Waals surface area contributed by atoms with Gasteiger partial charge in [0.2, 0.25) is 0 Å². The zero-order valence-electron chi connectivity index (χ0n) is 14.5. The van der Waals surface area contributed by atoms with E-state index in [0.29, 0.717) is 18.7 Å². The summed E-state index contributed by atoms with van der Waals surface area (Å²) in [5.74, 6) is 0.497. The minimum absolute atomic E-state index is 0.0906. The van der Waals surface area contributed by atoms with Crippen molar-refractivity contribution in [3.63, 3.8) is 0 Å². The third-order valence-electron chi connectivity index (χ3n) is 4.59. The number of nitrogens with zero attached hydrogens (tertiary/aromatic N) is 4. The quantitative estimate of drug-likeness (QED) is 0.790. The molecule has 1 saturated heterocycles. The molecule has 1 aliphatic heterocycles. The van der Waals surface area contributed by atoms with Crippen LogP contribution >= 0.6 is 0 Å². The number of benzene rings is 1. The maximum Gasteiger partial charge on any atom is 0.151 e. The molecule has 1 N–H and O–H groups in total. The Morgan fingerprint density at radius 1 is 1.36 bits per heavy atom. The van der Waals surface area contributed by atoms with E-state index < -0.39 is 0 Å². The number of hydrogen-bond acceptors (Lipinski definition) is 4. The molecule has 3 aromatic rings. The van der Waals surface area contributed by atoms with Crippen molar-refractivity contribution in [1.82, 2.24) is 24.6 Å². The number of rotatable bonds is 4. The number of halogens is 1. The highest BCUT2D eigenvalue weighted by Gasteiger charge is 2.23. The van der Waals surface area contributed by atoms with Crippen molar-refractivity contribution in [3.05, 3.63) is 47.3 Å². The summed E-state index contributed by atoms with van der Waals surface area (Å²) >= 11 is 0. The van der Waals surface area contributed by atoms with Gasteiger partial charge in [-0.25, -0.2) is 9.37 Å². The molecule has 0 spiro atoms. The molecule has 25 heavy (non-hydrogen) atoms. The number of imidazole rings is 1. The van der Waals surface area contributed by atoms with Gasteiger partial charge in [0.15, 0.2) is 5.82 Å². The Kier molecular flexibility index (Phi) is 4.27. The van der Waals surface area contributed by atoms with Crippen LogP contribution in [0.4, 0.5) is 4.39 Å². The average molecular weight is 343 g/mol. The first-order chi connectivity index (χ1) is 12.1. The maximum absolute atomic E-state index is 13.8. The minimum atomic E-state index is -0.288. The van der Waals surface area contributed by atoms with E-state index in [1.165, 1.54) is 6.07 Å². The van der Waals surface area contributed by atoms with E-state index in [9.17, 15) is 4.39 Å². The fourth-order valence-corrected chi connectivity index (χ4v) is 3.42. The Morgan fingerprint density at radius 3 is 3.00 bits per heavy atom. The van der Waals surface area contributed by atoms with E-state index in [2.05, 4.69) is 33.0 Å². The van der Waals surface area contributed by atoms with Gasteiger partial charge >= 0.3 is 0 Å². The van der Waals surface area contributed by atoms with Crippen LogP contribution in [0.3, 0.4) is 0 Å². The Morgan fingerprint density at radius 2 is 2.24 bits per heavy atom. The lowest BCUT2D eigenvalue weighted by molar-refractivity contribution is -0.0410. The van der Waals surface area contributed by atoms with Crippen LogP contribution in [0.5, 0.6) is 0 Å². The Labute approximate surface area is 145 Å². The topological polar surface area (TPSA) is 59.0 Å². The van der Waals surface area contributed by atoms with Gasteiger partial charge in [-0.05, 0) is 32.0 Å². The van der Waals surface area contributed by atoms with Crippen LogP contribution in [-0.4, -0.2) is 50.4 Å². The van der Waals surface area contributed by atoms with Crippen LogP contribution in [-0.2, 0) is 17.8 Å². The molecule has 2 aromatic heterocycles. The molecule has 0 unspecified atom stereocenters. The van der Waals surface area contributed by atoms with Gasteiger partial charge in [-0.3, -0.25) is 9.58 Å². The van der Waals surface area contributed by atoms with E-state index in [-0.39, 0.29) is 11.9 Å². The van der Waals surface area contributed by atoms with Gasteiger partial charge in [-0.1, -0.05) is 6.07 Å². The molecule has 1 aliphatic rings. The summed E-state index contributed by atoms with van der Waals surface area (Å²) in [7, 11) is 0. The van der Waals surface area contributed by atoms with Gasteiger partial charge in [0.25, 0.3) is 0 Å². The Hall–Kier alpha value is -2.25. The Bertz CT molecular complexity index is 887. The highest BCUT2D eigenvalue weighted by Crippen LogP contribution is 2.17. The molecule has 1 fully saturated rings. The molecule has 3 heterocycles. The van der Waals surface area contributed by atoms with Crippen LogP contribution in [0.2, 0.25) is 0 Å². The van der Waals surface area contributed by atoms with Gasteiger partial charge in [-0.15, -0.1) is 0 Å². The normalized spacial score (nSPS) is 18.9. The van der Waals surface area contributed by atoms with Crippen molar-refractivity contribution < 1.29 is 9.13 Å². The largest absolute Gasteiger partial charge is 0.374 e. The fraction of sp³-hybridized carbons (Fsp3) is 0.444. The van der Waals surface area contributed by atoms with Crippen LogP contribution < -0.4 is 0 Å². The SMILES string of the molecule is Cc1cc(C)n(C[C@@H]2CN(Cc3nc4c(F)cccc4[nH]3)CCO2)n1. The lowest BCUT2D eigenvalue weighted by Crippen LogP contribution is -2.44. The average Bonchev–Trinajstić information content (AvgIpc) is 3.11. The lowest BCUT2D eigenvalue weighted by Gasteiger charge is -2.32. The van der Waals surface area contributed by atoms with Crippen molar-refractivity contribution in [2.24, 2.45) is 0 Å². The number of H-pyrrole nitrogens is 1. The van der Waals surface area contributed by atoms with Crippen LogP contribution in [0.25, 0.3) is 11.0 Å². The van der Waals surface area contributed by atoms with Crippen molar-refractivity contribution in [3.8, 4) is 0 Å². The molecule has 0 bridgehead atoms. The first-order valence-electron chi connectivity index (χ1n) is 8.56. The highest BCUT2D eigenvalue weighted by molar-refractivity contribution is 5.75. The number of aromatic nitrogens is 4. The molecule has 0 amide bonds. The Balaban J connectivity index is 1.43. The molecule has 0 radical (unpaired) electrons. The molecular weight excluding hydrogens is 321 g/mol. The number of hydrogen-bond donors (Lipinski definition) is 1. The summed E-state index contributed by atoms with van der Waals surface area (Å²) in [4.78, 5) is 9.90. The van der Waals surface area contributed by atoms with E-state index >= 15 is 0 Å². The first-order valence-corrected chi connectivity index (χ1v) is 8.56. The summed E-state index contributed by atoms with van der Waals surface area (Å²) in [6.07, 6.45) is 0.0906. The highest BCUT2D eigenvalue weighted by atomic mass is 19.1. The molecule has 7 heteroatoms. The van der Waals surface area contributed by atoms with Gasteiger partial charge in [0.05, 0.1) is 37.0 Å². The number of aromatic amines is 1. The molecule has 132 valence electrons. The number of nitrogens with one attached hydrogen (secondary N) is 1. The summed E-state index contributed by atoms with van der Waals surface area (Å²) in [5, 5.41) is 4.51. The minimum Gasteiger partial charge on any atom is -0.374 e. The van der Waals surface area contributed by atoms with Gasteiger partial charge < -0.3 is 9.72 Å². The smallest absolute Gasteiger partial charge is 0.151 e. The summed E-state index contributed by atoms with van der Waals surface area (Å²) in [6.45, 7) is 7.78. The monoisotopic (exact) mass is 343 g/mol. The molecule has 1 aromatic carbocycles. The van der Waals surface area contributed by atoms with Crippen LogP contribution in [0.15, 0.2) is 24.3 Å². The molecule has 6 nitrogen and oxygen atoms in total. The van der Waals surface area contributed by atoms with Gasteiger partial charge in [0.1, 0.15) is 11.3 Å². The molecule has 0 aliphatic carbocycles. The number of ether oxygens (including phenoxy) is 1. The third-order valence-corrected chi connectivity index (χ3v) is 4.59. The number of fused-ring (bicyclic) bond motifs is 1. The molecular formula is C18H22FN5O. The van der Waals surface area contributed by atoms with Crippen molar-refractivity contribution in [2.75, 3.05) is 19.7 Å². The second-order valence-corrected chi connectivity index (χ2v) is 6.66. The predicted molar refractivity (Wildman–Crippen MR) is 92.8 cm³/mol. The number of aryl methyl sites for hydroxylation is 2. The number of morpholine rings is 1. The predicted octanol–water partition coefficient (Wildman–Crippen LogP) is 2.42. The first kappa shape index (κ1) is 16.2. The second kappa shape index (κ2) is 6.57. The van der Waals surface area contributed by atoms with Crippen LogP contribution in [0.1, 0.15) is 17.2 Å². The van der Waals surface area contributed by atoms with E-state index in [1.807, 2.05) is 17.7 Å². The summed E-state index contributed by atoms with van der Waals surface area (Å²) < 4.78 is 21.7. The van der Waals surface area contributed by atoms with Gasteiger partial charge in [-0.2, -0.15) is 5.10 Å². The van der Waals surface area contributed by atoms with E-state index in [1.54, 1.807) is 6.07 Å². The molecule has 1 atom stereocenters. The van der Waals surface area contributed by atoms with Crippen LogP contribution in [0, 0.1) is 19.7 Å².